The van der Waals surface area contributed by atoms with Gasteiger partial charge in [0.15, 0.2) is 6.10 Å². The van der Waals surface area contributed by atoms with Gasteiger partial charge in [-0.05, 0) is 57.2 Å². The third kappa shape index (κ3) is 3.97. The Morgan fingerprint density at radius 3 is 2.78 bits per heavy atom. The summed E-state index contributed by atoms with van der Waals surface area (Å²) in [6.45, 7) is 3.70. The zero-order valence-corrected chi connectivity index (χ0v) is 15.5. The van der Waals surface area contributed by atoms with Crippen LogP contribution in [0, 0.1) is 6.92 Å². The molecular formula is C20H23NO6. The number of fused-ring (bicyclic) bond motifs is 3. The predicted molar refractivity (Wildman–Crippen MR) is 99.2 cm³/mol. The molecule has 0 aliphatic heterocycles. The van der Waals surface area contributed by atoms with E-state index in [-0.39, 0.29) is 24.5 Å². The molecule has 1 atom stereocenters. The average molecular weight is 373 g/mol. The van der Waals surface area contributed by atoms with E-state index in [2.05, 4.69) is 5.32 Å². The van der Waals surface area contributed by atoms with E-state index in [1.807, 2.05) is 6.07 Å². The smallest absolute Gasteiger partial charge is 0.339 e. The van der Waals surface area contributed by atoms with Crippen molar-refractivity contribution in [3.05, 3.63) is 39.2 Å². The first-order valence-electron chi connectivity index (χ1n) is 9.12. The molecule has 0 saturated heterocycles. The van der Waals surface area contributed by atoms with Crippen LogP contribution in [0.3, 0.4) is 0 Å². The third-order valence-electron chi connectivity index (χ3n) is 4.88. The number of carbonyl (C=O) groups is 2. The van der Waals surface area contributed by atoms with Gasteiger partial charge >= 0.3 is 11.6 Å². The standard InChI is InChI=1S/C20H23NO6/c1-11-16(26-12(2)19(24)21-10-4-7-17(22)23)9-8-14-13-5-3-6-15(13)20(25)27-18(11)14/h8-9,12H,3-7,10H2,1-2H3,(H,21,24)(H,22,23)/t12-/m0/s1. The molecular weight excluding hydrogens is 350 g/mol. The highest BCUT2D eigenvalue weighted by Gasteiger charge is 2.22. The summed E-state index contributed by atoms with van der Waals surface area (Å²) in [7, 11) is 0. The number of hydrogen-bond acceptors (Lipinski definition) is 5. The average Bonchev–Trinajstić information content (AvgIpc) is 3.12. The zero-order valence-electron chi connectivity index (χ0n) is 15.5. The molecule has 0 spiro atoms. The number of nitrogens with one attached hydrogen (secondary N) is 1. The molecule has 2 aromatic rings. The molecule has 1 heterocycles. The minimum Gasteiger partial charge on any atom is -0.481 e. The molecule has 1 aromatic carbocycles. The van der Waals surface area contributed by atoms with Gasteiger partial charge in [0.2, 0.25) is 0 Å². The van der Waals surface area contributed by atoms with Crippen LogP contribution in [0.1, 0.15) is 42.9 Å². The van der Waals surface area contributed by atoms with Crippen molar-refractivity contribution in [3.63, 3.8) is 0 Å². The number of carboxylic acid groups (broad SMARTS) is 1. The molecule has 144 valence electrons. The quantitative estimate of drug-likeness (QED) is 0.570. The van der Waals surface area contributed by atoms with Crippen LogP contribution in [0.25, 0.3) is 11.0 Å². The number of hydrogen-bond donors (Lipinski definition) is 2. The molecule has 2 N–H and O–H groups in total. The maximum atomic E-state index is 12.2. The van der Waals surface area contributed by atoms with Crippen molar-refractivity contribution in [2.75, 3.05) is 6.54 Å². The van der Waals surface area contributed by atoms with E-state index in [9.17, 15) is 14.4 Å². The Morgan fingerprint density at radius 2 is 2.04 bits per heavy atom. The van der Waals surface area contributed by atoms with E-state index >= 15 is 0 Å². The van der Waals surface area contributed by atoms with Crippen LogP contribution in [-0.2, 0) is 22.4 Å². The lowest BCUT2D eigenvalue weighted by Gasteiger charge is -2.17. The Labute approximate surface area is 156 Å². The van der Waals surface area contributed by atoms with Crippen molar-refractivity contribution in [2.24, 2.45) is 0 Å². The van der Waals surface area contributed by atoms with E-state index in [1.54, 1.807) is 19.9 Å². The Bertz CT molecular complexity index is 946. The largest absolute Gasteiger partial charge is 0.481 e. The summed E-state index contributed by atoms with van der Waals surface area (Å²) in [4.78, 5) is 34.8. The number of aliphatic carboxylic acids is 1. The Morgan fingerprint density at radius 1 is 1.30 bits per heavy atom. The highest BCUT2D eigenvalue weighted by molar-refractivity contribution is 5.86. The van der Waals surface area contributed by atoms with E-state index in [4.69, 9.17) is 14.3 Å². The number of aryl methyl sites for hydroxylation is 2. The van der Waals surface area contributed by atoms with E-state index < -0.39 is 12.1 Å². The van der Waals surface area contributed by atoms with Gasteiger partial charge in [-0.3, -0.25) is 9.59 Å². The van der Waals surface area contributed by atoms with E-state index in [0.717, 1.165) is 35.8 Å². The summed E-state index contributed by atoms with van der Waals surface area (Å²) in [5.41, 5.74) is 2.72. The van der Waals surface area contributed by atoms with Gasteiger partial charge in [0, 0.05) is 29.5 Å². The van der Waals surface area contributed by atoms with Gasteiger partial charge in [0.25, 0.3) is 5.91 Å². The number of ether oxygens (including phenoxy) is 1. The van der Waals surface area contributed by atoms with E-state index in [0.29, 0.717) is 23.3 Å². The number of benzene rings is 1. The first-order chi connectivity index (χ1) is 12.9. The third-order valence-corrected chi connectivity index (χ3v) is 4.88. The lowest BCUT2D eigenvalue weighted by atomic mass is 10.0. The molecule has 0 unspecified atom stereocenters. The van der Waals surface area contributed by atoms with Crippen molar-refractivity contribution in [2.45, 2.75) is 52.1 Å². The summed E-state index contributed by atoms with van der Waals surface area (Å²) in [5, 5.41) is 12.2. The van der Waals surface area contributed by atoms with Gasteiger partial charge in [-0.15, -0.1) is 0 Å². The van der Waals surface area contributed by atoms with Crippen LogP contribution < -0.4 is 15.7 Å². The Hall–Kier alpha value is -2.83. The van der Waals surface area contributed by atoms with Crippen molar-refractivity contribution in [3.8, 4) is 5.75 Å². The minimum atomic E-state index is -0.895. The van der Waals surface area contributed by atoms with Gasteiger partial charge in [0.1, 0.15) is 11.3 Å². The second kappa shape index (κ2) is 7.82. The van der Waals surface area contributed by atoms with Crippen molar-refractivity contribution < 1.29 is 23.8 Å². The van der Waals surface area contributed by atoms with Crippen molar-refractivity contribution in [1.82, 2.24) is 5.32 Å². The molecule has 0 saturated carbocycles. The van der Waals surface area contributed by atoms with Gasteiger partial charge in [0.05, 0.1) is 0 Å². The van der Waals surface area contributed by atoms with E-state index in [1.165, 1.54) is 0 Å². The number of amides is 1. The SMILES string of the molecule is Cc1c(O[C@@H](C)C(=O)NCCCC(=O)O)ccc2c3c(c(=O)oc12)CCC3. The molecule has 0 fully saturated rings. The van der Waals surface area contributed by atoms with Gasteiger partial charge in [-0.25, -0.2) is 4.79 Å². The Balaban J connectivity index is 1.74. The highest BCUT2D eigenvalue weighted by Crippen LogP contribution is 2.33. The summed E-state index contributed by atoms with van der Waals surface area (Å²) in [6, 6.07) is 3.67. The van der Waals surface area contributed by atoms with Gasteiger partial charge in [-0.2, -0.15) is 0 Å². The van der Waals surface area contributed by atoms with Gasteiger partial charge in [-0.1, -0.05) is 0 Å². The molecule has 1 aliphatic carbocycles. The maximum absolute atomic E-state index is 12.2. The molecule has 0 bridgehead atoms. The van der Waals surface area contributed by atoms with Crippen molar-refractivity contribution >= 4 is 22.8 Å². The molecule has 3 rings (SSSR count). The van der Waals surface area contributed by atoms with Gasteiger partial charge < -0.3 is 19.6 Å². The van der Waals surface area contributed by atoms with Crippen LogP contribution in [0.2, 0.25) is 0 Å². The summed E-state index contributed by atoms with van der Waals surface area (Å²) < 4.78 is 11.3. The lowest BCUT2D eigenvalue weighted by molar-refractivity contribution is -0.137. The van der Waals surface area contributed by atoms with Crippen LogP contribution in [0.15, 0.2) is 21.3 Å². The molecule has 7 nitrogen and oxygen atoms in total. The first kappa shape index (κ1) is 18.9. The fraction of sp³-hybridized carbons (Fsp3) is 0.450. The van der Waals surface area contributed by atoms with Crippen molar-refractivity contribution in [1.29, 1.82) is 0 Å². The fourth-order valence-electron chi connectivity index (χ4n) is 3.43. The number of carbonyl (C=O) groups excluding carboxylic acids is 1. The number of carboxylic acids is 1. The molecule has 1 aromatic heterocycles. The number of rotatable bonds is 7. The predicted octanol–water partition coefficient (Wildman–Crippen LogP) is 2.34. The Kier molecular flexibility index (Phi) is 5.48. The van der Waals surface area contributed by atoms with Crippen LogP contribution in [0.5, 0.6) is 5.75 Å². The van der Waals surface area contributed by atoms with Crippen LogP contribution >= 0.6 is 0 Å². The summed E-state index contributed by atoms with van der Waals surface area (Å²) in [5.74, 6) is -0.736. The molecule has 27 heavy (non-hydrogen) atoms. The van der Waals surface area contributed by atoms with Crippen LogP contribution in [0.4, 0.5) is 0 Å². The first-order valence-corrected chi connectivity index (χ1v) is 9.12. The molecule has 7 heteroatoms. The highest BCUT2D eigenvalue weighted by atomic mass is 16.5. The zero-order chi connectivity index (χ0) is 19.6. The maximum Gasteiger partial charge on any atom is 0.339 e. The second-order valence-electron chi connectivity index (χ2n) is 6.81. The summed E-state index contributed by atoms with van der Waals surface area (Å²) >= 11 is 0. The molecule has 1 amide bonds. The topological polar surface area (TPSA) is 106 Å². The summed E-state index contributed by atoms with van der Waals surface area (Å²) in [6.07, 6.45) is 2.18. The fourth-order valence-corrected chi connectivity index (χ4v) is 3.43. The second-order valence-corrected chi connectivity index (χ2v) is 6.81. The molecule has 0 radical (unpaired) electrons. The normalized spacial score (nSPS) is 14.0. The minimum absolute atomic E-state index is 0.00263. The monoisotopic (exact) mass is 373 g/mol. The lowest BCUT2D eigenvalue weighted by Crippen LogP contribution is -2.37. The van der Waals surface area contributed by atoms with Crippen LogP contribution in [-0.4, -0.2) is 29.6 Å². The molecule has 1 aliphatic rings.